The summed E-state index contributed by atoms with van der Waals surface area (Å²) in [5.41, 5.74) is 0.741. The van der Waals surface area contributed by atoms with Crippen LogP contribution in [0.4, 0.5) is 0 Å². The van der Waals surface area contributed by atoms with Crippen LogP contribution >= 0.6 is 0 Å². The van der Waals surface area contributed by atoms with Crippen molar-refractivity contribution < 1.29 is 4.74 Å². The zero-order valence-electron chi connectivity index (χ0n) is 5.72. The van der Waals surface area contributed by atoms with Gasteiger partial charge in [0.05, 0.1) is 12.7 Å². The number of benzene rings is 1. The third-order valence-corrected chi connectivity index (χ3v) is 1.18. The topological polar surface area (TPSA) is 9.23 Å². The van der Waals surface area contributed by atoms with Gasteiger partial charge in [-0.05, 0) is 6.07 Å². The zero-order chi connectivity index (χ0) is 7.40. The molecule has 0 aliphatic carbocycles. The predicted octanol–water partition coefficient (Wildman–Crippen LogP) is 1.48. The quantitative estimate of drug-likeness (QED) is 0.524. The monoisotopic (exact) mass is 131 g/mol. The Bertz CT molecular complexity index is 258. The Morgan fingerprint density at radius 3 is 3.00 bits per heavy atom. The first-order valence-corrected chi connectivity index (χ1v) is 2.90. The third kappa shape index (κ3) is 1.11. The predicted molar refractivity (Wildman–Crippen MR) is 39.8 cm³/mol. The zero-order valence-corrected chi connectivity index (χ0v) is 5.72. The van der Waals surface area contributed by atoms with E-state index in [9.17, 15) is 0 Å². The van der Waals surface area contributed by atoms with Crippen molar-refractivity contribution in [3.05, 3.63) is 29.8 Å². The maximum Gasteiger partial charge on any atom is 0.142 e. The van der Waals surface area contributed by atoms with Gasteiger partial charge in [0, 0.05) is 6.07 Å². The average Bonchev–Trinajstić information content (AvgIpc) is 2.04. The van der Waals surface area contributed by atoms with E-state index in [1.807, 2.05) is 12.1 Å². The van der Waals surface area contributed by atoms with Gasteiger partial charge in [-0.25, -0.2) is 0 Å². The van der Waals surface area contributed by atoms with Crippen LogP contribution in [0.3, 0.4) is 0 Å². The molecule has 1 heteroatoms. The molecule has 1 aromatic carbocycles. The van der Waals surface area contributed by atoms with Gasteiger partial charge < -0.3 is 4.74 Å². The van der Waals surface area contributed by atoms with Crippen molar-refractivity contribution in [2.75, 3.05) is 7.11 Å². The molecule has 0 saturated heterocycles. The maximum absolute atomic E-state index is 5.18. The lowest BCUT2D eigenvalue weighted by Gasteiger charge is -1.99. The summed E-state index contributed by atoms with van der Waals surface area (Å²) in [5, 5.41) is 0. The second kappa shape index (κ2) is 2.93. The van der Waals surface area contributed by atoms with Gasteiger partial charge in [-0.3, -0.25) is 0 Å². The number of rotatable bonds is 1. The molecule has 0 unspecified atom stereocenters. The van der Waals surface area contributed by atoms with Crippen molar-refractivity contribution in [3.8, 4) is 18.1 Å². The van der Waals surface area contributed by atoms with E-state index in [1.165, 1.54) is 0 Å². The molecular weight excluding hydrogens is 124 g/mol. The highest BCUT2D eigenvalue weighted by Gasteiger charge is 1.94. The number of hydrogen-bond donors (Lipinski definition) is 0. The van der Waals surface area contributed by atoms with Crippen LogP contribution in [0.5, 0.6) is 5.75 Å². The molecule has 1 aromatic rings. The van der Waals surface area contributed by atoms with Gasteiger partial charge in [0.1, 0.15) is 5.75 Å². The first-order valence-electron chi connectivity index (χ1n) is 2.90. The lowest BCUT2D eigenvalue weighted by atomic mass is 10.2. The number of para-hydroxylation sites is 1. The van der Waals surface area contributed by atoms with Crippen LogP contribution in [0.2, 0.25) is 0 Å². The minimum atomic E-state index is 0.630. The summed E-state index contributed by atoms with van der Waals surface area (Å²) in [6, 6.07) is 8.28. The lowest BCUT2D eigenvalue weighted by molar-refractivity contribution is 0.412. The molecule has 1 rings (SSSR count). The third-order valence-electron chi connectivity index (χ3n) is 1.18. The van der Waals surface area contributed by atoms with Crippen molar-refractivity contribution >= 4 is 0 Å². The van der Waals surface area contributed by atoms with Crippen molar-refractivity contribution in [2.45, 2.75) is 0 Å². The van der Waals surface area contributed by atoms with Gasteiger partial charge in [0.25, 0.3) is 0 Å². The molecule has 0 N–H and O–H groups in total. The first-order chi connectivity index (χ1) is 4.88. The van der Waals surface area contributed by atoms with Crippen molar-refractivity contribution in [3.63, 3.8) is 0 Å². The largest absolute Gasteiger partial charge is 0.495 e. The summed E-state index contributed by atoms with van der Waals surface area (Å²) in [5.74, 6) is 3.12. The Morgan fingerprint density at radius 2 is 2.50 bits per heavy atom. The molecule has 0 atom stereocenters. The second-order valence-corrected chi connectivity index (χ2v) is 1.76. The Kier molecular flexibility index (Phi) is 1.96. The minimum absolute atomic E-state index is 0.630. The highest BCUT2D eigenvalue weighted by Crippen LogP contribution is 2.13. The molecule has 0 amide bonds. The van der Waals surface area contributed by atoms with Crippen molar-refractivity contribution in [1.29, 1.82) is 0 Å². The van der Waals surface area contributed by atoms with Crippen LogP contribution in [0, 0.1) is 18.4 Å². The highest BCUT2D eigenvalue weighted by molar-refractivity contribution is 5.43. The van der Waals surface area contributed by atoms with E-state index in [2.05, 4.69) is 12.0 Å². The molecule has 1 nitrogen and oxygen atoms in total. The van der Waals surface area contributed by atoms with Gasteiger partial charge >= 0.3 is 0 Å². The standard InChI is InChI=1S/C9H7O/c1-3-8-6-4-5-7-9(8)10-2/h1,4-6H,2H3. The minimum Gasteiger partial charge on any atom is -0.495 e. The van der Waals surface area contributed by atoms with Gasteiger partial charge in [-0.2, -0.15) is 0 Å². The fraction of sp³-hybridized carbons (Fsp3) is 0.111. The molecule has 0 bridgehead atoms. The fourth-order valence-electron chi connectivity index (χ4n) is 0.704. The van der Waals surface area contributed by atoms with Gasteiger partial charge in [-0.1, -0.05) is 18.1 Å². The van der Waals surface area contributed by atoms with Gasteiger partial charge in [0.2, 0.25) is 0 Å². The second-order valence-electron chi connectivity index (χ2n) is 1.76. The number of ether oxygens (including phenoxy) is 1. The van der Waals surface area contributed by atoms with Crippen LogP contribution in [0.15, 0.2) is 18.2 Å². The Morgan fingerprint density at radius 1 is 1.70 bits per heavy atom. The number of hydrogen-bond acceptors (Lipinski definition) is 1. The molecule has 0 aliphatic heterocycles. The molecule has 0 aromatic heterocycles. The van der Waals surface area contributed by atoms with E-state index in [4.69, 9.17) is 11.2 Å². The molecule has 0 aliphatic rings. The molecule has 0 spiro atoms. The Hall–Kier alpha value is -1.42. The van der Waals surface area contributed by atoms with Crippen molar-refractivity contribution in [1.82, 2.24) is 0 Å². The van der Waals surface area contributed by atoms with E-state index in [-0.39, 0.29) is 0 Å². The molecular formula is C9H7O. The Balaban J connectivity index is 3.12. The van der Waals surface area contributed by atoms with Crippen LogP contribution in [0.25, 0.3) is 0 Å². The summed E-state index contributed by atoms with van der Waals surface area (Å²) in [6.45, 7) is 0. The van der Waals surface area contributed by atoms with E-state index in [1.54, 1.807) is 13.2 Å². The summed E-state index contributed by atoms with van der Waals surface area (Å²) >= 11 is 0. The average molecular weight is 131 g/mol. The molecule has 0 fully saturated rings. The van der Waals surface area contributed by atoms with Gasteiger partial charge in [0.15, 0.2) is 0 Å². The summed E-state index contributed by atoms with van der Waals surface area (Å²) in [6.07, 6.45) is 5.18. The van der Waals surface area contributed by atoms with E-state index >= 15 is 0 Å². The summed E-state index contributed by atoms with van der Waals surface area (Å²) in [4.78, 5) is 0. The SMILES string of the molecule is C#Cc1ccc[c]c1OC. The van der Waals surface area contributed by atoms with E-state index in [0.717, 1.165) is 5.56 Å². The van der Waals surface area contributed by atoms with Crippen LogP contribution in [0.1, 0.15) is 5.56 Å². The fourth-order valence-corrected chi connectivity index (χ4v) is 0.704. The molecule has 0 heterocycles. The van der Waals surface area contributed by atoms with Crippen LogP contribution < -0.4 is 4.74 Å². The lowest BCUT2D eigenvalue weighted by Crippen LogP contribution is -1.85. The first kappa shape index (κ1) is 6.70. The summed E-state index contributed by atoms with van der Waals surface area (Å²) < 4.78 is 4.94. The van der Waals surface area contributed by atoms with E-state index in [0.29, 0.717) is 5.75 Å². The highest BCUT2D eigenvalue weighted by atomic mass is 16.5. The smallest absolute Gasteiger partial charge is 0.142 e. The molecule has 0 saturated carbocycles. The molecule has 1 radical (unpaired) electrons. The normalized spacial score (nSPS) is 8.40. The summed E-state index contributed by atoms with van der Waals surface area (Å²) in [7, 11) is 1.58. The molecule has 10 heavy (non-hydrogen) atoms. The number of methoxy groups -OCH3 is 1. The van der Waals surface area contributed by atoms with Crippen LogP contribution in [-0.4, -0.2) is 7.11 Å². The van der Waals surface area contributed by atoms with Crippen molar-refractivity contribution in [2.24, 2.45) is 0 Å². The molecule has 49 valence electrons. The van der Waals surface area contributed by atoms with Gasteiger partial charge in [-0.15, -0.1) is 6.42 Å². The number of terminal acetylenes is 1. The Labute approximate surface area is 60.6 Å². The van der Waals surface area contributed by atoms with Crippen LogP contribution in [-0.2, 0) is 0 Å². The maximum atomic E-state index is 5.18. The van der Waals surface area contributed by atoms with E-state index < -0.39 is 0 Å².